The van der Waals surface area contributed by atoms with Crippen LogP contribution in [-0.2, 0) is 0 Å². The fourth-order valence-corrected chi connectivity index (χ4v) is 12.5. The number of rotatable bonds is 18. The Hall–Kier alpha value is -3.38. The lowest BCUT2D eigenvalue weighted by Crippen LogP contribution is -2.60. The molecule has 2 aromatic heterocycles. The second-order valence-corrected chi connectivity index (χ2v) is 25.5. The summed E-state index contributed by atoms with van der Waals surface area (Å²) in [6.45, 7) is 39.5. The van der Waals surface area contributed by atoms with Crippen LogP contribution in [0.5, 0.6) is 0 Å². The molecule has 4 saturated heterocycles. The fraction of sp³-hybridized carbons (Fsp3) is 0.875. The molecule has 0 unspecified atom stereocenters. The van der Waals surface area contributed by atoms with Gasteiger partial charge < -0.3 is 58.5 Å². The molecule has 0 aliphatic carbocycles. The number of piperidine rings is 4. The van der Waals surface area contributed by atoms with E-state index >= 15 is 0 Å². The lowest BCUT2D eigenvalue weighted by atomic mass is 9.79. The normalized spacial score (nSPS) is 24.7. The first kappa shape index (κ1) is 51.0. The van der Waals surface area contributed by atoms with Gasteiger partial charge in [0.15, 0.2) is 0 Å². The quantitative estimate of drug-likeness (QED) is 0.0693. The molecule has 0 bridgehead atoms. The summed E-state index contributed by atoms with van der Waals surface area (Å²) in [4.78, 5) is 29.4. The maximum absolute atomic E-state index is 4.94. The average Bonchev–Trinajstić information content (AvgIpc) is 3.05. The minimum absolute atomic E-state index is 0.00294. The van der Waals surface area contributed by atoms with Crippen molar-refractivity contribution < 1.29 is 0 Å². The van der Waals surface area contributed by atoms with Crippen molar-refractivity contribution in [2.24, 2.45) is 0 Å². The third kappa shape index (κ3) is 16.4. The van der Waals surface area contributed by atoms with Crippen LogP contribution in [0.1, 0.15) is 175 Å². The minimum Gasteiger partial charge on any atom is -0.354 e. The molecular weight excluding hydrogens is 815 g/mol. The molecule has 6 rings (SSSR count). The van der Waals surface area contributed by atoms with E-state index in [0.717, 1.165) is 90.4 Å². The highest BCUT2D eigenvalue weighted by molar-refractivity contribution is 5.45. The maximum Gasteiger partial charge on any atom is 0.229 e. The number of aromatic nitrogens is 6. The lowest BCUT2D eigenvalue weighted by molar-refractivity contribution is 0.169. The van der Waals surface area contributed by atoms with E-state index in [9.17, 15) is 0 Å². The molecule has 368 valence electrons. The molecule has 11 N–H and O–H groups in total. The SMILES string of the molecule is CC1(C)CC(Nc2nc(NCCCNCCCNc3nc(NC4CC(C)(C)NC(C)(C)C4)nc(NC4CC(C)(C)NC(C)(C)C4)n3)nc(NC3CC(C)(C)NC(C)(C)C3)n2)CC(C)(C)N1. The van der Waals surface area contributed by atoms with Gasteiger partial charge in [0, 0.05) is 81.6 Å². The molecule has 0 amide bonds. The first-order valence-corrected chi connectivity index (χ1v) is 24.8. The number of hydrogen-bond donors (Lipinski definition) is 11. The molecule has 0 saturated carbocycles. The topological polar surface area (TPSA) is 210 Å². The Morgan fingerprint density at radius 3 is 0.738 bits per heavy atom. The monoisotopic (exact) mass is 906 g/mol. The van der Waals surface area contributed by atoms with Crippen LogP contribution in [-0.4, -0.2) is 125 Å². The smallest absolute Gasteiger partial charge is 0.229 e. The van der Waals surface area contributed by atoms with Gasteiger partial charge in [0.25, 0.3) is 0 Å². The van der Waals surface area contributed by atoms with E-state index in [0.29, 0.717) is 35.7 Å². The van der Waals surface area contributed by atoms with Gasteiger partial charge in [-0.25, -0.2) is 0 Å². The Kier molecular flexibility index (Phi) is 15.2. The first-order valence-electron chi connectivity index (χ1n) is 24.8. The van der Waals surface area contributed by atoms with Gasteiger partial charge >= 0.3 is 0 Å². The molecule has 17 heteroatoms. The number of anilines is 6. The molecule has 4 aliphatic rings. The molecule has 0 atom stereocenters. The van der Waals surface area contributed by atoms with Gasteiger partial charge in [-0.3, -0.25) is 0 Å². The van der Waals surface area contributed by atoms with E-state index in [4.69, 9.17) is 29.9 Å². The van der Waals surface area contributed by atoms with E-state index in [2.05, 4.69) is 169 Å². The van der Waals surface area contributed by atoms with Gasteiger partial charge in [-0.05, 0) is 188 Å². The third-order valence-electron chi connectivity index (χ3n) is 13.0. The summed E-state index contributed by atoms with van der Waals surface area (Å²) in [6.07, 6.45) is 9.64. The molecule has 4 fully saturated rings. The summed E-state index contributed by atoms with van der Waals surface area (Å²) >= 11 is 0. The lowest BCUT2D eigenvalue weighted by Gasteiger charge is -2.47. The molecule has 0 radical (unpaired) electrons. The number of nitrogens with one attached hydrogen (secondary N) is 11. The van der Waals surface area contributed by atoms with Crippen LogP contribution < -0.4 is 58.5 Å². The molecule has 6 heterocycles. The van der Waals surface area contributed by atoms with Crippen LogP contribution in [0.3, 0.4) is 0 Å². The fourth-order valence-electron chi connectivity index (χ4n) is 12.5. The van der Waals surface area contributed by atoms with Crippen molar-refractivity contribution >= 4 is 35.7 Å². The predicted molar refractivity (Wildman–Crippen MR) is 270 cm³/mol. The Balaban J connectivity index is 1.02. The third-order valence-corrected chi connectivity index (χ3v) is 13.0. The van der Waals surface area contributed by atoms with Gasteiger partial charge in [-0.15, -0.1) is 0 Å². The molecule has 65 heavy (non-hydrogen) atoms. The standard InChI is InChI=1S/C48H91N17/c1-41(2)23-31(24-42(3,4)62-41)52-37-56-35(57-38(60-37)53-32-25-43(5,6)63-44(7,8)26-32)50-21-17-19-49-20-18-22-51-36-58-39(54-33-27-45(9,10)64-46(11,12)28-33)61-40(59-36)55-34-29-47(13,14)65-48(15,16)30-34/h31-34,49,62-65H,17-30H2,1-16H3,(H3,50,52,53,56,57,60)(H3,51,54,55,58,59,61). The summed E-state index contributed by atoms with van der Waals surface area (Å²) in [7, 11) is 0. The summed E-state index contributed by atoms with van der Waals surface area (Å²) < 4.78 is 0. The van der Waals surface area contributed by atoms with Crippen LogP contribution in [0, 0.1) is 0 Å². The first-order chi connectivity index (χ1) is 29.9. The van der Waals surface area contributed by atoms with Crippen molar-refractivity contribution in [2.45, 2.75) is 243 Å². The minimum atomic E-state index is 0.00294. The number of hydrogen-bond acceptors (Lipinski definition) is 17. The molecular formula is C48H91N17. The van der Waals surface area contributed by atoms with Crippen molar-refractivity contribution in [1.29, 1.82) is 0 Å². The highest BCUT2D eigenvalue weighted by Gasteiger charge is 2.41. The van der Waals surface area contributed by atoms with Gasteiger partial charge in [-0.1, -0.05) is 0 Å². The molecule has 4 aliphatic heterocycles. The average molecular weight is 906 g/mol. The van der Waals surface area contributed by atoms with Crippen LogP contribution >= 0.6 is 0 Å². The highest BCUT2D eigenvalue weighted by Crippen LogP contribution is 2.34. The Labute approximate surface area is 392 Å². The van der Waals surface area contributed by atoms with Crippen molar-refractivity contribution in [3.8, 4) is 0 Å². The second kappa shape index (κ2) is 19.3. The Morgan fingerprint density at radius 1 is 0.323 bits per heavy atom. The van der Waals surface area contributed by atoms with Crippen molar-refractivity contribution in [3.63, 3.8) is 0 Å². The van der Waals surface area contributed by atoms with Crippen LogP contribution in [0.2, 0.25) is 0 Å². The van der Waals surface area contributed by atoms with Gasteiger partial charge in [0.05, 0.1) is 0 Å². The van der Waals surface area contributed by atoms with Crippen LogP contribution in [0.25, 0.3) is 0 Å². The summed E-state index contributed by atoms with van der Waals surface area (Å²) in [5.41, 5.74) is 0.0235. The van der Waals surface area contributed by atoms with Gasteiger partial charge in [0.2, 0.25) is 35.7 Å². The van der Waals surface area contributed by atoms with Crippen LogP contribution in [0.15, 0.2) is 0 Å². The van der Waals surface area contributed by atoms with E-state index in [-0.39, 0.29) is 68.5 Å². The van der Waals surface area contributed by atoms with Crippen molar-refractivity contribution in [2.75, 3.05) is 58.1 Å². The molecule has 17 nitrogen and oxygen atoms in total. The van der Waals surface area contributed by atoms with E-state index < -0.39 is 0 Å². The van der Waals surface area contributed by atoms with Crippen molar-refractivity contribution in [3.05, 3.63) is 0 Å². The van der Waals surface area contributed by atoms with Gasteiger partial charge in [-0.2, -0.15) is 29.9 Å². The summed E-state index contributed by atoms with van der Waals surface area (Å²) in [5.74, 6) is 3.64. The molecule has 2 aromatic rings. The number of nitrogens with zero attached hydrogens (tertiary/aromatic N) is 6. The Morgan fingerprint density at radius 2 is 0.523 bits per heavy atom. The summed E-state index contributed by atoms with van der Waals surface area (Å²) in [5, 5.41) is 40.6. The molecule has 0 spiro atoms. The predicted octanol–water partition coefficient (Wildman–Crippen LogP) is 6.83. The Bertz CT molecular complexity index is 1570. The highest BCUT2D eigenvalue weighted by atomic mass is 15.3. The molecule has 0 aromatic carbocycles. The van der Waals surface area contributed by atoms with E-state index in [1.54, 1.807) is 0 Å². The van der Waals surface area contributed by atoms with E-state index in [1.165, 1.54) is 0 Å². The van der Waals surface area contributed by atoms with E-state index in [1.807, 2.05) is 0 Å². The maximum atomic E-state index is 4.94. The zero-order chi connectivity index (χ0) is 47.7. The largest absolute Gasteiger partial charge is 0.354 e. The van der Waals surface area contributed by atoms with Crippen LogP contribution in [0.4, 0.5) is 35.7 Å². The zero-order valence-electron chi connectivity index (χ0n) is 43.4. The second-order valence-electron chi connectivity index (χ2n) is 25.5. The summed E-state index contributed by atoms with van der Waals surface area (Å²) in [6, 6.07) is 0.950. The van der Waals surface area contributed by atoms with Crippen molar-refractivity contribution in [1.82, 2.24) is 56.5 Å². The van der Waals surface area contributed by atoms with Gasteiger partial charge in [0.1, 0.15) is 0 Å². The zero-order valence-corrected chi connectivity index (χ0v) is 43.4.